The number of para-hydroxylation sites is 1. The lowest BCUT2D eigenvalue weighted by Crippen LogP contribution is -2.28. The molecule has 0 bridgehead atoms. The number of rotatable bonds is 9. The first kappa shape index (κ1) is 22.1. The van der Waals surface area contributed by atoms with Gasteiger partial charge < -0.3 is 14.5 Å². The molecule has 1 aromatic heterocycles. The van der Waals surface area contributed by atoms with Crippen LogP contribution in [0.5, 0.6) is 5.75 Å². The molecule has 0 fully saturated rings. The minimum Gasteiger partial charge on any atom is -0.492 e. The summed E-state index contributed by atoms with van der Waals surface area (Å²) in [6.07, 6.45) is 1.49. The monoisotopic (exact) mass is 444 g/mol. The van der Waals surface area contributed by atoms with Gasteiger partial charge in [-0.25, -0.2) is 5.48 Å². The molecule has 3 N–H and O–H groups in total. The molecule has 4 rings (SSSR count). The molecule has 4 aromatic rings. The number of amides is 2. The fraction of sp³-hybridized carbons (Fsp3) is 0.154. The van der Waals surface area contributed by atoms with Crippen LogP contribution in [0.15, 0.2) is 83.3 Å². The van der Waals surface area contributed by atoms with Crippen molar-refractivity contribution in [3.05, 3.63) is 101 Å². The molecule has 0 atom stereocenters. The van der Waals surface area contributed by atoms with Gasteiger partial charge in [-0.3, -0.25) is 14.8 Å². The molecule has 0 saturated carbocycles. The van der Waals surface area contributed by atoms with E-state index in [2.05, 4.69) is 17.4 Å². The Hall–Kier alpha value is -4.10. The van der Waals surface area contributed by atoms with Gasteiger partial charge in [-0.1, -0.05) is 48.5 Å². The first-order valence-electron chi connectivity index (χ1n) is 10.7. The van der Waals surface area contributed by atoms with Gasteiger partial charge in [0.15, 0.2) is 5.76 Å². The zero-order valence-corrected chi connectivity index (χ0v) is 17.9. The zero-order chi connectivity index (χ0) is 23.0. The highest BCUT2D eigenvalue weighted by Gasteiger charge is 2.20. The number of furan rings is 1. The maximum atomic E-state index is 12.9. The van der Waals surface area contributed by atoms with Gasteiger partial charge in [0, 0.05) is 16.5 Å². The van der Waals surface area contributed by atoms with Crippen molar-refractivity contribution in [3.63, 3.8) is 0 Å². The van der Waals surface area contributed by atoms with Crippen LogP contribution in [0.2, 0.25) is 0 Å². The van der Waals surface area contributed by atoms with E-state index in [0.29, 0.717) is 29.1 Å². The summed E-state index contributed by atoms with van der Waals surface area (Å²) in [4.78, 5) is 24.2. The molecule has 3 aromatic carbocycles. The molecule has 0 aliphatic heterocycles. The molecule has 1 heterocycles. The largest absolute Gasteiger partial charge is 0.492 e. The van der Waals surface area contributed by atoms with Crippen LogP contribution in [0.3, 0.4) is 0 Å². The Morgan fingerprint density at radius 3 is 2.33 bits per heavy atom. The fourth-order valence-corrected chi connectivity index (χ4v) is 3.63. The Balaban J connectivity index is 1.38. The summed E-state index contributed by atoms with van der Waals surface area (Å²) in [6.45, 7) is 0.531. The number of hydroxylamine groups is 1. The van der Waals surface area contributed by atoms with Gasteiger partial charge in [0.1, 0.15) is 17.9 Å². The quantitative estimate of drug-likeness (QED) is 0.205. The fourth-order valence-electron chi connectivity index (χ4n) is 3.63. The number of hydrogen-bond donors (Lipinski definition) is 3. The van der Waals surface area contributed by atoms with Crippen molar-refractivity contribution in [2.24, 2.45) is 0 Å². The van der Waals surface area contributed by atoms with Crippen LogP contribution < -0.4 is 15.5 Å². The highest BCUT2D eigenvalue weighted by Crippen LogP contribution is 2.27. The van der Waals surface area contributed by atoms with Crippen molar-refractivity contribution in [1.29, 1.82) is 0 Å². The van der Waals surface area contributed by atoms with Crippen LogP contribution in [-0.2, 0) is 12.8 Å². The molecular weight excluding hydrogens is 420 g/mol. The standard InChI is InChI=1S/C26H24N2O5/c29-25(28-31)19-11-13-20(14-12-19)32-17-16-27-26(30)24-22(15-10-18-6-2-1-3-7-18)21-8-4-5-9-23(21)33-24/h1-9,11-14,31H,10,15-17H2,(H,27,30)(H,28,29). The number of nitrogens with one attached hydrogen (secondary N) is 2. The van der Waals surface area contributed by atoms with E-state index in [1.807, 2.05) is 42.5 Å². The van der Waals surface area contributed by atoms with E-state index in [-0.39, 0.29) is 19.1 Å². The van der Waals surface area contributed by atoms with E-state index in [4.69, 9.17) is 14.4 Å². The Labute approximate surface area is 190 Å². The summed E-state index contributed by atoms with van der Waals surface area (Å²) in [6, 6.07) is 24.1. The maximum absolute atomic E-state index is 12.9. The van der Waals surface area contributed by atoms with Crippen molar-refractivity contribution in [1.82, 2.24) is 10.8 Å². The summed E-state index contributed by atoms with van der Waals surface area (Å²) in [5.41, 5.74) is 4.67. The van der Waals surface area contributed by atoms with Gasteiger partial charge in [0.2, 0.25) is 0 Å². The normalized spacial score (nSPS) is 10.7. The van der Waals surface area contributed by atoms with Crippen LogP contribution in [0, 0.1) is 0 Å². The van der Waals surface area contributed by atoms with Crippen molar-refractivity contribution in [2.45, 2.75) is 12.8 Å². The van der Waals surface area contributed by atoms with E-state index >= 15 is 0 Å². The Bertz CT molecular complexity index is 1230. The second kappa shape index (κ2) is 10.5. The van der Waals surface area contributed by atoms with E-state index in [1.54, 1.807) is 17.6 Å². The number of ether oxygens (including phenoxy) is 1. The SMILES string of the molecule is O=C(NO)c1ccc(OCCNC(=O)c2oc3ccccc3c2CCc2ccccc2)cc1. The number of fused-ring (bicyclic) bond motifs is 1. The molecule has 33 heavy (non-hydrogen) atoms. The van der Waals surface area contributed by atoms with E-state index < -0.39 is 5.91 Å². The Kier molecular flexibility index (Phi) is 7.02. The zero-order valence-electron chi connectivity index (χ0n) is 17.9. The highest BCUT2D eigenvalue weighted by molar-refractivity contribution is 5.99. The number of aryl methyl sites for hydroxylation is 2. The average molecular weight is 444 g/mol. The predicted octanol–water partition coefficient (Wildman–Crippen LogP) is 4.15. The third-order valence-electron chi connectivity index (χ3n) is 5.29. The van der Waals surface area contributed by atoms with Crippen molar-refractivity contribution in [2.75, 3.05) is 13.2 Å². The third-order valence-corrected chi connectivity index (χ3v) is 5.29. The summed E-state index contributed by atoms with van der Waals surface area (Å²) in [7, 11) is 0. The van der Waals surface area contributed by atoms with Crippen molar-refractivity contribution < 1.29 is 24.0 Å². The molecule has 0 spiro atoms. The lowest BCUT2D eigenvalue weighted by atomic mass is 10.0. The number of benzene rings is 3. The van der Waals surface area contributed by atoms with Crippen LogP contribution in [0.4, 0.5) is 0 Å². The van der Waals surface area contributed by atoms with E-state index in [9.17, 15) is 9.59 Å². The minimum absolute atomic E-state index is 0.247. The van der Waals surface area contributed by atoms with Crippen LogP contribution >= 0.6 is 0 Å². The molecule has 0 saturated heterocycles. The van der Waals surface area contributed by atoms with Crippen molar-refractivity contribution >= 4 is 22.8 Å². The summed E-state index contributed by atoms with van der Waals surface area (Å²) in [5, 5.41) is 12.5. The first-order valence-corrected chi connectivity index (χ1v) is 10.7. The maximum Gasteiger partial charge on any atom is 0.287 e. The average Bonchev–Trinajstić information content (AvgIpc) is 3.24. The van der Waals surface area contributed by atoms with Gasteiger partial charge in [0.25, 0.3) is 11.8 Å². The smallest absolute Gasteiger partial charge is 0.287 e. The Morgan fingerprint density at radius 2 is 1.58 bits per heavy atom. The lowest BCUT2D eigenvalue weighted by molar-refractivity contribution is 0.0706. The molecular formula is C26H24N2O5. The highest BCUT2D eigenvalue weighted by atomic mass is 16.5. The second-order valence-corrected chi connectivity index (χ2v) is 7.46. The van der Waals surface area contributed by atoms with Gasteiger partial charge in [0.05, 0.1) is 6.54 Å². The number of hydrogen-bond acceptors (Lipinski definition) is 5. The van der Waals surface area contributed by atoms with Gasteiger partial charge in [-0.05, 0) is 48.7 Å². The topological polar surface area (TPSA) is 101 Å². The number of carbonyl (C=O) groups excluding carboxylic acids is 2. The molecule has 2 amide bonds. The van der Waals surface area contributed by atoms with E-state index in [0.717, 1.165) is 17.4 Å². The molecule has 0 unspecified atom stereocenters. The van der Waals surface area contributed by atoms with Crippen LogP contribution in [-0.4, -0.2) is 30.2 Å². The van der Waals surface area contributed by atoms with Crippen molar-refractivity contribution in [3.8, 4) is 5.75 Å². The van der Waals surface area contributed by atoms with Crippen LogP contribution in [0.1, 0.15) is 32.0 Å². The summed E-state index contributed by atoms with van der Waals surface area (Å²) in [5.74, 6) is -0.00642. The molecule has 0 radical (unpaired) electrons. The third kappa shape index (κ3) is 5.39. The molecule has 0 aliphatic carbocycles. The van der Waals surface area contributed by atoms with Gasteiger partial charge in [-0.2, -0.15) is 0 Å². The summed E-state index contributed by atoms with van der Waals surface area (Å²) >= 11 is 0. The van der Waals surface area contributed by atoms with Crippen LogP contribution in [0.25, 0.3) is 11.0 Å². The number of carbonyl (C=O) groups is 2. The summed E-state index contributed by atoms with van der Waals surface area (Å²) < 4.78 is 11.5. The molecule has 7 nitrogen and oxygen atoms in total. The predicted molar refractivity (Wildman–Crippen MR) is 124 cm³/mol. The second-order valence-electron chi connectivity index (χ2n) is 7.46. The Morgan fingerprint density at radius 1 is 0.848 bits per heavy atom. The van der Waals surface area contributed by atoms with E-state index in [1.165, 1.54) is 17.7 Å². The first-order chi connectivity index (χ1) is 16.2. The molecule has 7 heteroatoms. The minimum atomic E-state index is -0.595. The molecule has 168 valence electrons. The van der Waals surface area contributed by atoms with Gasteiger partial charge in [-0.15, -0.1) is 0 Å². The molecule has 0 aliphatic rings. The van der Waals surface area contributed by atoms with Gasteiger partial charge >= 0.3 is 0 Å². The lowest BCUT2D eigenvalue weighted by Gasteiger charge is -2.08.